The van der Waals surface area contributed by atoms with Crippen molar-refractivity contribution in [1.82, 2.24) is 0 Å². The average molecular weight is 218 g/mol. The number of rotatable bonds is 0. The number of carbonyl (C=O) groups excluding carboxylic acids is 1. The van der Waals surface area contributed by atoms with Gasteiger partial charge in [0.15, 0.2) is 0 Å². The average Bonchev–Trinajstić information content (AvgIpc) is 2.56. The molecule has 0 amide bonds. The molecule has 0 aromatic carbocycles. The SMILES string of the molecule is C[C@@H]1CCC=C2C[C@@H]3OC(=O)C=C3C[C@]21C. The Bertz CT molecular complexity index is 405. The van der Waals surface area contributed by atoms with Gasteiger partial charge in [-0.3, -0.25) is 0 Å². The molecule has 3 atom stereocenters. The van der Waals surface area contributed by atoms with Gasteiger partial charge in [0.2, 0.25) is 0 Å². The molecule has 0 aromatic rings. The van der Waals surface area contributed by atoms with E-state index in [2.05, 4.69) is 19.9 Å². The summed E-state index contributed by atoms with van der Waals surface area (Å²) in [4.78, 5) is 11.3. The fourth-order valence-electron chi connectivity index (χ4n) is 3.44. The number of hydrogen-bond donors (Lipinski definition) is 0. The maximum Gasteiger partial charge on any atom is 0.331 e. The number of allylic oxidation sites excluding steroid dienone is 1. The first-order valence-corrected chi connectivity index (χ1v) is 6.20. The zero-order valence-corrected chi connectivity index (χ0v) is 9.95. The molecule has 2 nitrogen and oxygen atoms in total. The molecule has 1 heterocycles. The van der Waals surface area contributed by atoms with Crippen molar-refractivity contribution in [2.24, 2.45) is 11.3 Å². The summed E-state index contributed by atoms with van der Waals surface area (Å²) in [6.45, 7) is 4.69. The third kappa shape index (κ3) is 1.28. The molecular weight excluding hydrogens is 200 g/mol. The zero-order chi connectivity index (χ0) is 11.3. The van der Waals surface area contributed by atoms with Crippen LogP contribution in [0.5, 0.6) is 0 Å². The fourth-order valence-corrected chi connectivity index (χ4v) is 3.44. The largest absolute Gasteiger partial charge is 0.454 e. The molecule has 1 saturated carbocycles. The van der Waals surface area contributed by atoms with Gasteiger partial charge in [0, 0.05) is 12.5 Å². The summed E-state index contributed by atoms with van der Waals surface area (Å²) in [6, 6.07) is 0. The molecule has 0 unspecified atom stereocenters. The molecule has 0 bridgehead atoms. The summed E-state index contributed by atoms with van der Waals surface area (Å²) in [5.74, 6) is 0.570. The zero-order valence-electron chi connectivity index (χ0n) is 9.95. The molecule has 1 fully saturated rings. The maximum atomic E-state index is 11.3. The molecule has 0 N–H and O–H groups in total. The normalized spacial score (nSPS) is 41.8. The molecule has 16 heavy (non-hydrogen) atoms. The molecule has 1 aliphatic heterocycles. The Labute approximate surface area is 96.4 Å². The first-order chi connectivity index (χ1) is 7.59. The highest BCUT2D eigenvalue weighted by atomic mass is 16.5. The highest BCUT2D eigenvalue weighted by molar-refractivity contribution is 5.86. The molecule has 3 rings (SSSR count). The predicted octanol–water partition coefficient (Wildman–Crippen LogP) is 2.99. The first-order valence-electron chi connectivity index (χ1n) is 6.20. The van der Waals surface area contributed by atoms with Crippen molar-refractivity contribution in [2.45, 2.75) is 45.6 Å². The third-order valence-electron chi connectivity index (χ3n) is 4.76. The maximum absolute atomic E-state index is 11.3. The minimum atomic E-state index is -0.143. The van der Waals surface area contributed by atoms with Gasteiger partial charge in [-0.2, -0.15) is 0 Å². The highest BCUT2D eigenvalue weighted by Gasteiger charge is 2.45. The smallest absolute Gasteiger partial charge is 0.331 e. The Morgan fingerprint density at radius 2 is 2.31 bits per heavy atom. The summed E-state index contributed by atoms with van der Waals surface area (Å²) in [7, 11) is 0. The van der Waals surface area contributed by atoms with Gasteiger partial charge in [-0.1, -0.05) is 25.5 Å². The quantitative estimate of drug-likeness (QED) is 0.461. The molecular formula is C14H18O2. The third-order valence-corrected chi connectivity index (χ3v) is 4.76. The minimum Gasteiger partial charge on any atom is -0.454 e. The summed E-state index contributed by atoms with van der Waals surface area (Å²) in [6.07, 6.45) is 8.54. The monoisotopic (exact) mass is 218 g/mol. The van der Waals surface area contributed by atoms with E-state index in [4.69, 9.17) is 4.74 Å². The van der Waals surface area contributed by atoms with Gasteiger partial charge in [-0.15, -0.1) is 0 Å². The van der Waals surface area contributed by atoms with E-state index in [1.807, 2.05) is 0 Å². The van der Waals surface area contributed by atoms with Crippen LogP contribution >= 0.6 is 0 Å². The van der Waals surface area contributed by atoms with Gasteiger partial charge >= 0.3 is 5.97 Å². The van der Waals surface area contributed by atoms with Gasteiger partial charge in [0.1, 0.15) is 6.10 Å². The van der Waals surface area contributed by atoms with Crippen LogP contribution in [0, 0.1) is 11.3 Å². The Kier molecular flexibility index (Phi) is 2.04. The number of esters is 1. The van der Waals surface area contributed by atoms with Crippen LogP contribution < -0.4 is 0 Å². The summed E-state index contributed by atoms with van der Waals surface area (Å²) in [5.41, 5.74) is 3.01. The molecule has 0 saturated heterocycles. The van der Waals surface area contributed by atoms with Crippen molar-refractivity contribution >= 4 is 5.97 Å². The van der Waals surface area contributed by atoms with E-state index < -0.39 is 0 Å². The van der Waals surface area contributed by atoms with Crippen LogP contribution in [0.3, 0.4) is 0 Å². The van der Waals surface area contributed by atoms with Gasteiger partial charge in [-0.05, 0) is 36.2 Å². The second kappa shape index (κ2) is 3.22. The molecule has 2 heteroatoms. The Balaban J connectivity index is 1.98. The lowest BCUT2D eigenvalue weighted by atomic mass is 9.59. The van der Waals surface area contributed by atoms with Gasteiger partial charge in [-0.25, -0.2) is 4.79 Å². The van der Waals surface area contributed by atoms with Crippen LogP contribution in [0.4, 0.5) is 0 Å². The van der Waals surface area contributed by atoms with Crippen LogP contribution in [-0.2, 0) is 9.53 Å². The lowest BCUT2D eigenvalue weighted by Gasteiger charge is -2.46. The van der Waals surface area contributed by atoms with Crippen LogP contribution in [0.15, 0.2) is 23.3 Å². The molecule has 0 spiro atoms. The second-order valence-electron chi connectivity index (χ2n) is 5.65. The van der Waals surface area contributed by atoms with E-state index in [1.165, 1.54) is 24.0 Å². The van der Waals surface area contributed by atoms with Crippen molar-refractivity contribution < 1.29 is 9.53 Å². The van der Waals surface area contributed by atoms with Gasteiger partial charge in [0.05, 0.1) is 0 Å². The molecule has 0 radical (unpaired) electrons. The molecule has 2 aliphatic carbocycles. The number of carbonyl (C=O) groups is 1. The molecule has 0 aromatic heterocycles. The molecule has 3 aliphatic rings. The van der Waals surface area contributed by atoms with Crippen molar-refractivity contribution in [3.8, 4) is 0 Å². The summed E-state index contributed by atoms with van der Waals surface area (Å²) < 4.78 is 5.32. The number of hydrogen-bond acceptors (Lipinski definition) is 2. The lowest BCUT2D eigenvalue weighted by Crippen LogP contribution is -2.37. The van der Waals surface area contributed by atoms with Gasteiger partial charge < -0.3 is 4.74 Å². The van der Waals surface area contributed by atoms with Crippen LogP contribution in [0.25, 0.3) is 0 Å². The van der Waals surface area contributed by atoms with E-state index in [1.54, 1.807) is 6.08 Å². The van der Waals surface area contributed by atoms with Crippen LogP contribution in [0.1, 0.15) is 39.5 Å². The van der Waals surface area contributed by atoms with E-state index >= 15 is 0 Å². The van der Waals surface area contributed by atoms with Crippen molar-refractivity contribution in [3.63, 3.8) is 0 Å². The first kappa shape index (κ1) is 10.1. The highest BCUT2D eigenvalue weighted by Crippen LogP contribution is 2.53. The predicted molar refractivity (Wildman–Crippen MR) is 61.8 cm³/mol. The summed E-state index contributed by atoms with van der Waals surface area (Å²) in [5, 5.41) is 0. The Morgan fingerprint density at radius 3 is 3.12 bits per heavy atom. The van der Waals surface area contributed by atoms with E-state index in [-0.39, 0.29) is 17.5 Å². The standard InChI is InChI=1S/C14H18O2/c1-9-4-3-5-11-7-12-10(6-13(15)16-12)8-14(9,11)2/h5-6,9,12H,3-4,7-8H2,1-2H3/t9-,12+,14+/m1/s1. The van der Waals surface area contributed by atoms with E-state index in [0.717, 1.165) is 12.8 Å². The lowest BCUT2D eigenvalue weighted by molar-refractivity contribution is -0.139. The topological polar surface area (TPSA) is 26.3 Å². The van der Waals surface area contributed by atoms with E-state index in [0.29, 0.717) is 5.92 Å². The van der Waals surface area contributed by atoms with Crippen molar-refractivity contribution in [3.05, 3.63) is 23.3 Å². The Hall–Kier alpha value is -1.05. The second-order valence-corrected chi connectivity index (χ2v) is 5.65. The number of ether oxygens (including phenoxy) is 1. The minimum absolute atomic E-state index is 0.0529. The van der Waals surface area contributed by atoms with Gasteiger partial charge in [0.25, 0.3) is 0 Å². The summed E-state index contributed by atoms with van der Waals surface area (Å²) >= 11 is 0. The van der Waals surface area contributed by atoms with Crippen molar-refractivity contribution in [2.75, 3.05) is 0 Å². The van der Waals surface area contributed by atoms with Crippen LogP contribution in [0.2, 0.25) is 0 Å². The fraction of sp³-hybridized carbons (Fsp3) is 0.643. The van der Waals surface area contributed by atoms with Crippen LogP contribution in [-0.4, -0.2) is 12.1 Å². The van der Waals surface area contributed by atoms with Crippen molar-refractivity contribution in [1.29, 1.82) is 0 Å². The number of fused-ring (bicyclic) bond motifs is 2. The molecule has 86 valence electrons. The Morgan fingerprint density at radius 1 is 1.50 bits per heavy atom. The van der Waals surface area contributed by atoms with E-state index in [9.17, 15) is 4.79 Å².